The van der Waals surface area contributed by atoms with Gasteiger partial charge in [-0.1, -0.05) is 44.2 Å². The first-order valence-corrected chi connectivity index (χ1v) is 7.03. The molecule has 2 aliphatic carbocycles. The molecular formula is C16H23N. The minimum atomic E-state index is 0.601. The second-order valence-corrected chi connectivity index (χ2v) is 6.11. The first-order chi connectivity index (χ1) is 8.24. The van der Waals surface area contributed by atoms with Crippen molar-refractivity contribution >= 4 is 0 Å². The Bertz CT molecular complexity index is 380. The molecule has 0 bridgehead atoms. The van der Waals surface area contributed by atoms with Crippen LogP contribution in [0.5, 0.6) is 0 Å². The van der Waals surface area contributed by atoms with Crippen LogP contribution in [-0.4, -0.2) is 12.6 Å². The van der Waals surface area contributed by atoms with Gasteiger partial charge in [0.05, 0.1) is 0 Å². The smallest absolute Gasteiger partial charge is 0.0155 e. The third-order valence-corrected chi connectivity index (χ3v) is 4.71. The minimum absolute atomic E-state index is 0.601. The molecule has 2 saturated carbocycles. The summed E-state index contributed by atoms with van der Waals surface area (Å²) in [6, 6.07) is 11.8. The molecule has 0 aromatic heterocycles. The van der Waals surface area contributed by atoms with Gasteiger partial charge >= 0.3 is 0 Å². The summed E-state index contributed by atoms with van der Waals surface area (Å²) in [6.45, 7) is 5.80. The average molecular weight is 229 g/mol. The lowest BCUT2D eigenvalue weighted by molar-refractivity contribution is 0.323. The molecule has 92 valence electrons. The van der Waals surface area contributed by atoms with Crippen LogP contribution in [0.3, 0.4) is 0 Å². The lowest BCUT2D eigenvalue weighted by atomic mass is 9.92. The van der Waals surface area contributed by atoms with Crippen molar-refractivity contribution in [2.75, 3.05) is 6.54 Å². The number of rotatable bonds is 5. The van der Waals surface area contributed by atoms with E-state index in [1.165, 1.54) is 19.3 Å². The molecule has 0 heterocycles. The average Bonchev–Trinajstić information content (AvgIpc) is 3.24. The van der Waals surface area contributed by atoms with Crippen LogP contribution in [0.15, 0.2) is 30.3 Å². The quantitative estimate of drug-likeness (QED) is 0.814. The van der Waals surface area contributed by atoms with Gasteiger partial charge in [0.15, 0.2) is 0 Å². The Morgan fingerprint density at radius 3 is 2.59 bits per heavy atom. The van der Waals surface area contributed by atoms with Crippen LogP contribution in [0.2, 0.25) is 0 Å². The zero-order valence-electron chi connectivity index (χ0n) is 10.9. The van der Waals surface area contributed by atoms with Gasteiger partial charge in [-0.05, 0) is 48.6 Å². The van der Waals surface area contributed by atoms with E-state index in [9.17, 15) is 0 Å². The lowest BCUT2D eigenvalue weighted by Crippen LogP contribution is -2.38. The number of nitrogens with one attached hydrogen (secondary N) is 1. The first-order valence-electron chi connectivity index (χ1n) is 7.03. The maximum absolute atomic E-state index is 3.75. The van der Waals surface area contributed by atoms with E-state index in [1.54, 1.807) is 5.56 Å². The highest BCUT2D eigenvalue weighted by Crippen LogP contribution is 2.59. The van der Waals surface area contributed by atoms with Crippen molar-refractivity contribution < 1.29 is 0 Å². The Hall–Kier alpha value is -0.820. The number of benzene rings is 1. The van der Waals surface area contributed by atoms with E-state index in [2.05, 4.69) is 49.5 Å². The van der Waals surface area contributed by atoms with Crippen molar-refractivity contribution in [3.8, 4) is 0 Å². The van der Waals surface area contributed by atoms with Gasteiger partial charge in [-0.15, -0.1) is 0 Å². The molecule has 2 aliphatic rings. The van der Waals surface area contributed by atoms with Gasteiger partial charge in [-0.25, -0.2) is 0 Å². The summed E-state index contributed by atoms with van der Waals surface area (Å²) in [5, 5.41) is 3.75. The highest BCUT2D eigenvalue weighted by atomic mass is 15.0. The summed E-state index contributed by atoms with van der Waals surface area (Å²) in [6.07, 6.45) is 4.22. The lowest BCUT2D eigenvalue weighted by Gasteiger charge is -2.25. The molecule has 1 nitrogen and oxygen atoms in total. The van der Waals surface area contributed by atoms with Crippen molar-refractivity contribution in [1.82, 2.24) is 5.32 Å². The van der Waals surface area contributed by atoms with Gasteiger partial charge in [0.2, 0.25) is 0 Å². The molecular weight excluding hydrogens is 206 g/mol. The monoisotopic (exact) mass is 229 g/mol. The van der Waals surface area contributed by atoms with Crippen LogP contribution in [0.25, 0.3) is 0 Å². The number of hydrogen-bond donors (Lipinski definition) is 1. The predicted octanol–water partition coefficient (Wildman–Crippen LogP) is 3.57. The van der Waals surface area contributed by atoms with E-state index in [4.69, 9.17) is 0 Å². The first kappa shape index (κ1) is 11.3. The molecule has 3 atom stereocenters. The topological polar surface area (TPSA) is 12.0 Å². The van der Waals surface area contributed by atoms with Gasteiger partial charge in [0.25, 0.3) is 0 Å². The highest BCUT2D eigenvalue weighted by molar-refractivity contribution is 5.28. The standard InChI is InChI=1S/C16H23N/c1-3-17-15(16(2)9-10-16)14-11-13(14)12-7-5-4-6-8-12/h4-8,13-15,17H,3,9-11H2,1-2H3. The van der Waals surface area contributed by atoms with E-state index in [1.807, 2.05) is 0 Å². The summed E-state index contributed by atoms with van der Waals surface area (Å²) in [7, 11) is 0. The molecule has 0 spiro atoms. The molecule has 0 amide bonds. The SMILES string of the molecule is CCNC(C1CC1c1ccccc1)C1(C)CC1. The zero-order valence-corrected chi connectivity index (χ0v) is 10.9. The third kappa shape index (κ3) is 2.13. The van der Waals surface area contributed by atoms with Gasteiger partial charge in [0.1, 0.15) is 0 Å². The number of hydrogen-bond acceptors (Lipinski definition) is 1. The Morgan fingerprint density at radius 1 is 1.29 bits per heavy atom. The fourth-order valence-corrected chi connectivity index (χ4v) is 3.31. The van der Waals surface area contributed by atoms with Crippen molar-refractivity contribution in [1.29, 1.82) is 0 Å². The van der Waals surface area contributed by atoms with Crippen molar-refractivity contribution in [3.63, 3.8) is 0 Å². The van der Waals surface area contributed by atoms with Crippen LogP contribution in [0.4, 0.5) is 0 Å². The van der Waals surface area contributed by atoms with Crippen molar-refractivity contribution in [2.24, 2.45) is 11.3 Å². The molecule has 1 N–H and O–H groups in total. The molecule has 3 rings (SSSR count). The van der Waals surface area contributed by atoms with Crippen LogP contribution in [0.1, 0.15) is 44.6 Å². The summed E-state index contributed by atoms with van der Waals surface area (Å²) >= 11 is 0. The maximum atomic E-state index is 3.75. The van der Waals surface area contributed by atoms with Crippen molar-refractivity contribution in [3.05, 3.63) is 35.9 Å². The van der Waals surface area contributed by atoms with E-state index in [0.29, 0.717) is 5.41 Å². The third-order valence-electron chi connectivity index (χ3n) is 4.71. The molecule has 0 radical (unpaired) electrons. The molecule has 1 aromatic rings. The van der Waals surface area contributed by atoms with Gasteiger partial charge in [-0.2, -0.15) is 0 Å². The molecule has 2 fully saturated rings. The van der Waals surface area contributed by atoms with E-state index in [0.717, 1.165) is 24.4 Å². The van der Waals surface area contributed by atoms with Crippen LogP contribution >= 0.6 is 0 Å². The van der Waals surface area contributed by atoms with Crippen LogP contribution < -0.4 is 5.32 Å². The summed E-state index contributed by atoms with van der Waals surface area (Å²) < 4.78 is 0. The predicted molar refractivity (Wildman–Crippen MR) is 72.1 cm³/mol. The van der Waals surface area contributed by atoms with Gasteiger partial charge < -0.3 is 5.32 Å². The van der Waals surface area contributed by atoms with Crippen molar-refractivity contribution in [2.45, 2.75) is 45.1 Å². The van der Waals surface area contributed by atoms with Gasteiger partial charge in [0, 0.05) is 6.04 Å². The summed E-state index contributed by atoms with van der Waals surface area (Å²) in [5.74, 6) is 1.70. The molecule has 0 saturated heterocycles. The molecule has 17 heavy (non-hydrogen) atoms. The maximum Gasteiger partial charge on any atom is 0.0155 e. The second kappa shape index (κ2) is 4.13. The molecule has 1 heteroatoms. The van der Waals surface area contributed by atoms with E-state index < -0.39 is 0 Å². The normalized spacial score (nSPS) is 30.9. The van der Waals surface area contributed by atoms with E-state index in [-0.39, 0.29) is 0 Å². The Balaban J connectivity index is 1.70. The van der Waals surface area contributed by atoms with Crippen LogP contribution in [-0.2, 0) is 0 Å². The Labute approximate surface area is 105 Å². The summed E-state index contributed by atoms with van der Waals surface area (Å²) in [5.41, 5.74) is 2.15. The zero-order chi connectivity index (χ0) is 11.9. The second-order valence-electron chi connectivity index (χ2n) is 6.11. The molecule has 1 aromatic carbocycles. The fourth-order valence-electron chi connectivity index (χ4n) is 3.31. The highest BCUT2D eigenvalue weighted by Gasteiger charge is 2.54. The molecule has 3 unspecified atom stereocenters. The largest absolute Gasteiger partial charge is 0.313 e. The van der Waals surface area contributed by atoms with Gasteiger partial charge in [-0.3, -0.25) is 0 Å². The molecule has 0 aliphatic heterocycles. The minimum Gasteiger partial charge on any atom is -0.313 e. The fraction of sp³-hybridized carbons (Fsp3) is 0.625. The Morgan fingerprint density at radius 2 is 2.00 bits per heavy atom. The van der Waals surface area contributed by atoms with E-state index >= 15 is 0 Å². The van der Waals surface area contributed by atoms with Crippen LogP contribution in [0, 0.1) is 11.3 Å². The summed E-state index contributed by atoms with van der Waals surface area (Å²) in [4.78, 5) is 0. The Kier molecular flexibility index (Phi) is 2.74.